The standard InChI is InChI=1S/C23H21N3O3/c1-16-20(27)18-10-5-11-19(22(18)29-21(16)17-8-3-2-4-9-17)23(28)24-12-6-14-26-15-7-13-25-26/h2-5,7-11,13,15H,6,12,14H2,1H3,(H,24,28). The Bertz CT molecular complexity index is 1200. The summed E-state index contributed by atoms with van der Waals surface area (Å²) in [6.07, 6.45) is 4.36. The highest BCUT2D eigenvalue weighted by Crippen LogP contribution is 2.27. The van der Waals surface area contributed by atoms with Crippen LogP contribution in [0.1, 0.15) is 22.3 Å². The van der Waals surface area contributed by atoms with E-state index < -0.39 is 0 Å². The molecule has 0 atom stereocenters. The first-order valence-corrected chi connectivity index (χ1v) is 9.52. The number of para-hydroxylation sites is 1. The minimum absolute atomic E-state index is 0.126. The van der Waals surface area contributed by atoms with Gasteiger partial charge < -0.3 is 9.73 Å². The first-order valence-electron chi connectivity index (χ1n) is 9.52. The van der Waals surface area contributed by atoms with Crippen LogP contribution in [0.25, 0.3) is 22.3 Å². The molecule has 0 aliphatic carbocycles. The second-order valence-corrected chi connectivity index (χ2v) is 6.81. The Morgan fingerprint density at radius 2 is 1.93 bits per heavy atom. The highest BCUT2D eigenvalue weighted by Gasteiger charge is 2.18. The normalized spacial score (nSPS) is 10.9. The Hall–Kier alpha value is -3.67. The zero-order chi connectivity index (χ0) is 20.2. The van der Waals surface area contributed by atoms with E-state index in [-0.39, 0.29) is 11.3 Å². The predicted octanol–water partition coefficient (Wildman–Crippen LogP) is 3.79. The Labute approximate surface area is 167 Å². The number of benzene rings is 2. The van der Waals surface area contributed by atoms with Crippen LogP contribution in [0, 0.1) is 6.92 Å². The third-order valence-electron chi connectivity index (χ3n) is 4.83. The van der Waals surface area contributed by atoms with E-state index in [1.165, 1.54) is 0 Å². The molecule has 4 rings (SSSR count). The zero-order valence-electron chi connectivity index (χ0n) is 16.1. The van der Waals surface area contributed by atoms with Gasteiger partial charge in [-0.3, -0.25) is 14.3 Å². The fraction of sp³-hybridized carbons (Fsp3) is 0.174. The van der Waals surface area contributed by atoms with Gasteiger partial charge in [0.1, 0.15) is 5.76 Å². The van der Waals surface area contributed by atoms with Crippen molar-refractivity contribution in [2.75, 3.05) is 6.54 Å². The molecule has 6 heteroatoms. The topological polar surface area (TPSA) is 77.1 Å². The molecule has 4 aromatic rings. The fourth-order valence-corrected chi connectivity index (χ4v) is 3.32. The van der Waals surface area contributed by atoms with Crippen molar-refractivity contribution in [3.05, 3.63) is 88.3 Å². The summed E-state index contributed by atoms with van der Waals surface area (Å²) in [7, 11) is 0. The van der Waals surface area contributed by atoms with Gasteiger partial charge in [0.05, 0.1) is 10.9 Å². The van der Waals surface area contributed by atoms with Crippen LogP contribution in [-0.2, 0) is 6.54 Å². The summed E-state index contributed by atoms with van der Waals surface area (Å²) in [5.74, 6) is 0.226. The summed E-state index contributed by atoms with van der Waals surface area (Å²) in [6.45, 7) is 2.96. The molecule has 1 N–H and O–H groups in total. The summed E-state index contributed by atoms with van der Waals surface area (Å²) in [5, 5.41) is 7.46. The third-order valence-corrected chi connectivity index (χ3v) is 4.83. The van der Waals surface area contributed by atoms with Crippen LogP contribution in [0.5, 0.6) is 0 Å². The van der Waals surface area contributed by atoms with Crippen molar-refractivity contribution < 1.29 is 9.21 Å². The van der Waals surface area contributed by atoms with Crippen molar-refractivity contribution in [3.63, 3.8) is 0 Å². The van der Waals surface area contributed by atoms with E-state index in [0.717, 1.165) is 18.5 Å². The number of nitrogens with one attached hydrogen (secondary N) is 1. The lowest BCUT2D eigenvalue weighted by Gasteiger charge is -2.11. The first kappa shape index (κ1) is 18.7. The van der Waals surface area contributed by atoms with Crippen LogP contribution in [0.4, 0.5) is 0 Å². The minimum Gasteiger partial charge on any atom is -0.455 e. The molecule has 0 aliphatic heterocycles. The Morgan fingerprint density at radius 3 is 2.69 bits per heavy atom. The van der Waals surface area contributed by atoms with Gasteiger partial charge in [-0.2, -0.15) is 5.10 Å². The highest BCUT2D eigenvalue weighted by atomic mass is 16.3. The van der Waals surface area contributed by atoms with Crippen molar-refractivity contribution in [2.24, 2.45) is 0 Å². The maximum atomic E-state index is 12.9. The molecule has 0 fully saturated rings. The van der Waals surface area contributed by atoms with Gasteiger partial charge in [0.2, 0.25) is 0 Å². The number of hydrogen-bond donors (Lipinski definition) is 1. The van der Waals surface area contributed by atoms with Crippen molar-refractivity contribution in [2.45, 2.75) is 19.9 Å². The average Bonchev–Trinajstić information content (AvgIpc) is 3.27. The lowest BCUT2D eigenvalue weighted by Crippen LogP contribution is -2.26. The summed E-state index contributed by atoms with van der Waals surface area (Å²) in [5.41, 5.74) is 1.87. The molecule has 0 spiro atoms. The highest BCUT2D eigenvalue weighted by molar-refractivity contribution is 6.05. The Balaban J connectivity index is 1.63. The summed E-state index contributed by atoms with van der Waals surface area (Å²) < 4.78 is 7.92. The van der Waals surface area contributed by atoms with Gasteiger partial charge in [0, 0.05) is 36.6 Å². The Morgan fingerprint density at radius 1 is 1.10 bits per heavy atom. The molecular weight excluding hydrogens is 366 g/mol. The first-order chi connectivity index (χ1) is 14.1. The number of aryl methyl sites for hydroxylation is 1. The molecular formula is C23H21N3O3. The maximum Gasteiger partial charge on any atom is 0.255 e. The fourth-order valence-electron chi connectivity index (χ4n) is 3.32. The van der Waals surface area contributed by atoms with E-state index >= 15 is 0 Å². The van der Waals surface area contributed by atoms with Crippen molar-refractivity contribution in [3.8, 4) is 11.3 Å². The minimum atomic E-state index is -0.262. The number of amides is 1. The number of carbonyl (C=O) groups is 1. The van der Waals surface area contributed by atoms with Crippen molar-refractivity contribution in [1.29, 1.82) is 0 Å². The quantitative estimate of drug-likeness (QED) is 0.511. The SMILES string of the molecule is Cc1c(-c2ccccc2)oc2c(C(=O)NCCCn3cccn3)cccc2c1=O. The average molecular weight is 387 g/mol. The van der Waals surface area contributed by atoms with Gasteiger partial charge >= 0.3 is 0 Å². The number of carbonyl (C=O) groups excluding carboxylic acids is 1. The maximum absolute atomic E-state index is 12.9. The van der Waals surface area contributed by atoms with E-state index in [4.69, 9.17) is 4.42 Å². The number of nitrogens with zero attached hydrogens (tertiary/aromatic N) is 2. The van der Waals surface area contributed by atoms with Crippen LogP contribution in [0.3, 0.4) is 0 Å². The Kier molecular flexibility index (Phi) is 5.24. The lowest BCUT2D eigenvalue weighted by atomic mass is 10.0. The van der Waals surface area contributed by atoms with Crippen molar-refractivity contribution >= 4 is 16.9 Å². The number of hydrogen-bond acceptors (Lipinski definition) is 4. The van der Waals surface area contributed by atoms with Crippen LogP contribution >= 0.6 is 0 Å². The van der Waals surface area contributed by atoms with E-state index in [0.29, 0.717) is 34.4 Å². The second kappa shape index (κ2) is 8.14. The van der Waals surface area contributed by atoms with Gasteiger partial charge in [0.25, 0.3) is 5.91 Å². The number of fused-ring (bicyclic) bond motifs is 1. The monoisotopic (exact) mass is 387 g/mol. The van der Waals surface area contributed by atoms with Gasteiger partial charge in [-0.1, -0.05) is 36.4 Å². The van der Waals surface area contributed by atoms with Gasteiger partial charge in [-0.05, 0) is 31.5 Å². The smallest absolute Gasteiger partial charge is 0.255 e. The zero-order valence-corrected chi connectivity index (χ0v) is 16.1. The molecule has 6 nitrogen and oxygen atoms in total. The lowest BCUT2D eigenvalue weighted by molar-refractivity contribution is 0.0953. The summed E-state index contributed by atoms with van der Waals surface area (Å²) in [6, 6.07) is 16.4. The molecule has 2 heterocycles. The predicted molar refractivity (Wildman–Crippen MR) is 112 cm³/mol. The van der Waals surface area contributed by atoms with Crippen molar-refractivity contribution in [1.82, 2.24) is 15.1 Å². The molecule has 0 aliphatic rings. The largest absolute Gasteiger partial charge is 0.455 e. The molecule has 0 saturated heterocycles. The molecule has 0 unspecified atom stereocenters. The van der Waals surface area contributed by atoms with E-state index in [2.05, 4.69) is 10.4 Å². The van der Waals surface area contributed by atoms with Crippen LogP contribution in [0.15, 0.2) is 76.2 Å². The third kappa shape index (κ3) is 3.82. The molecule has 0 radical (unpaired) electrons. The molecule has 2 aromatic carbocycles. The molecule has 146 valence electrons. The summed E-state index contributed by atoms with van der Waals surface area (Å²) >= 11 is 0. The van der Waals surface area contributed by atoms with Gasteiger partial charge in [-0.25, -0.2) is 0 Å². The van der Waals surface area contributed by atoms with Crippen LogP contribution < -0.4 is 10.7 Å². The molecule has 1 amide bonds. The molecule has 0 saturated carbocycles. The van der Waals surface area contributed by atoms with E-state index in [9.17, 15) is 9.59 Å². The summed E-state index contributed by atoms with van der Waals surface area (Å²) in [4.78, 5) is 25.7. The van der Waals surface area contributed by atoms with Crippen LogP contribution in [0.2, 0.25) is 0 Å². The number of aromatic nitrogens is 2. The molecule has 29 heavy (non-hydrogen) atoms. The number of rotatable bonds is 6. The van der Waals surface area contributed by atoms with Gasteiger partial charge in [0.15, 0.2) is 11.0 Å². The van der Waals surface area contributed by atoms with Crippen LogP contribution in [-0.4, -0.2) is 22.2 Å². The molecule has 2 aromatic heterocycles. The van der Waals surface area contributed by atoms with E-state index in [1.54, 1.807) is 31.3 Å². The van der Waals surface area contributed by atoms with E-state index in [1.807, 2.05) is 47.3 Å². The van der Waals surface area contributed by atoms with Gasteiger partial charge in [-0.15, -0.1) is 0 Å². The second-order valence-electron chi connectivity index (χ2n) is 6.81. The molecule has 0 bridgehead atoms.